The Labute approximate surface area is 107 Å². The zero-order chi connectivity index (χ0) is 13.5. The molecule has 1 aromatic rings. The van der Waals surface area contributed by atoms with Crippen molar-refractivity contribution in [2.75, 3.05) is 25.5 Å². The fourth-order valence-corrected chi connectivity index (χ4v) is 1.44. The molecule has 0 aliphatic rings. The van der Waals surface area contributed by atoms with Gasteiger partial charge in [-0.3, -0.25) is 0 Å². The maximum absolute atomic E-state index is 10.7. The summed E-state index contributed by atoms with van der Waals surface area (Å²) in [4.78, 5) is 20.8. The Hall–Kier alpha value is -1.69. The van der Waals surface area contributed by atoms with Crippen molar-refractivity contribution in [3.63, 3.8) is 0 Å². The lowest BCUT2D eigenvalue weighted by atomic mass is 10.2. The maximum Gasteiger partial charge on any atom is 0.354 e. The van der Waals surface area contributed by atoms with Gasteiger partial charge in [-0.05, 0) is 26.5 Å². The molecule has 6 heteroatoms. The number of anilines is 1. The number of carbonyl (C=O) groups is 1. The molecule has 18 heavy (non-hydrogen) atoms. The Morgan fingerprint density at radius 1 is 1.61 bits per heavy atom. The summed E-state index contributed by atoms with van der Waals surface area (Å²) in [6.45, 7) is 5.86. The molecule has 0 amide bonds. The van der Waals surface area contributed by atoms with Crippen LogP contribution in [0.15, 0.2) is 12.3 Å². The van der Waals surface area contributed by atoms with Gasteiger partial charge in [0, 0.05) is 25.3 Å². The van der Waals surface area contributed by atoms with E-state index >= 15 is 0 Å². The highest BCUT2D eigenvalue weighted by atomic mass is 16.4. The van der Waals surface area contributed by atoms with Gasteiger partial charge in [0.15, 0.2) is 5.69 Å². The number of hydrogen-bond acceptors (Lipinski definition) is 5. The van der Waals surface area contributed by atoms with Gasteiger partial charge in [-0.25, -0.2) is 14.8 Å². The highest BCUT2D eigenvalue weighted by Gasteiger charge is 2.08. The standard InChI is InChI=1S/C12H20N4O2/c1-4-9(2)16(3)8-7-14-12-13-6-5-10(15-12)11(17)18/h5-6,9H,4,7-8H2,1-3H3,(H,17,18)(H,13,14,15). The summed E-state index contributed by atoms with van der Waals surface area (Å²) in [7, 11) is 2.06. The summed E-state index contributed by atoms with van der Waals surface area (Å²) in [5.41, 5.74) is 0.00257. The number of aromatic carboxylic acids is 1. The fraction of sp³-hybridized carbons (Fsp3) is 0.583. The molecular formula is C12H20N4O2. The average molecular weight is 252 g/mol. The first-order valence-electron chi connectivity index (χ1n) is 6.05. The normalized spacial score (nSPS) is 12.4. The number of nitrogens with one attached hydrogen (secondary N) is 1. The molecule has 1 unspecified atom stereocenters. The van der Waals surface area contributed by atoms with Gasteiger partial charge in [-0.2, -0.15) is 0 Å². The molecule has 1 heterocycles. The molecule has 2 N–H and O–H groups in total. The van der Waals surface area contributed by atoms with Gasteiger partial charge in [0.1, 0.15) is 0 Å². The summed E-state index contributed by atoms with van der Waals surface area (Å²) in [6, 6.07) is 1.90. The molecule has 0 aliphatic heterocycles. The average Bonchev–Trinajstić information content (AvgIpc) is 2.38. The predicted octanol–water partition coefficient (Wildman–Crippen LogP) is 1.32. The Morgan fingerprint density at radius 3 is 2.94 bits per heavy atom. The van der Waals surface area contributed by atoms with Gasteiger partial charge >= 0.3 is 5.97 Å². The second-order valence-electron chi connectivity index (χ2n) is 4.24. The number of carboxylic acids is 1. The second-order valence-corrected chi connectivity index (χ2v) is 4.24. The highest BCUT2D eigenvalue weighted by Crippen LogP contribution is 2.02. The molecule has 6 nitrogen and oxygen atoms in total. The van der Waals surface area contributed by atoms with Gasteiger partial charge in [-0.1, -0.05) is 6.92 Å². The highest BCUT2D eigenvalue weighted by molar-refractivity contribution is 5.85. The van der Waals surface area contributed by atoms with Crippen LogP contribution >= 0.6 is 0 Å². The summed E-state index contributed by atoms with van der Waals surface area (Å²) in [5, 5.41) is 11.8. The number of rotatable bonds is 7. The van der Waals surface area contributed by atoms with E-state index in [2.05, 4.69) is 41.1 Å². The van der Waals surface area contributed by atoms with E-state index in [1.807, 2.05) is 0 Å². The first-order valence-corrected chi connectivity index (χ1v) is 6.05. The fourth-order valence-electron chi connectivity index (χ4n) is 1.44. The van der Waals surface area contributed by atoms with Crippen molar-refractivity contribution in [1.82, 2.24) is 14.9 Å². The van der Waals surface area contributed by atoms with Crippen molar-refractivity contribution in [3.8, 4) is 0 Å². The largest absolute Gasteiger partial charge is 0.477 e. The third-order valence-electron chi connectivity index (χ3n) is 2.97. The maximum atomic E-state index is 10.7. The van der Waals surface area contributed by atoms with Crippen LogP contribution in [0.4, 0.5) is 5.95 Å². The van der Waals surface area contributed by atoms with E-state index in [9.17, 15) is 4.79 Å². The Bertz CT molecular complexity index is 397. The van der Waals surface area contributed by atoms with Crippen LogP contribution in [0.5, 0.6) is 0 Å². The Morgan fingerprint density at radius 2 is 2.33 bits per heavy atom. The van der Waals surface area contributed by atoms with Gasteiger partial charge in [-0.15, -0.1) is 0 Å². The first kappa shape index (κ1) is 14.4. The van der Waals surface area contributed by atoms with Gasteiger partial charge in [0.2, 0.25) is 5.95 Å². The Kier molecular flexibility index (Phi) is 5.51. The molecule has 0 saturated carbocycles. The number of hydrogen-bond donors (Lipinski definition) is 2. The van der Waals surface area contributed by atoms with Crippen LogP contribution in [0.2, 0.25) is 0 Å². The van der Waals surface area contributed by atoms with E-state index in [0.717, 1.165) is 13.0 Å². The summed E-state index contributed by atoms with van der Waals surface area (Å²) in [5.74, 6) is -0.690. The minimum atomic E-state index is -1.04. The predicted molar refractivity (Wildman–Crippen MR) is 69.9 cm³/mol. The summed E-state index contributed by atoms with van der Waals surface area (Å²) >= 11 is 0. The van der Waals surface area contributed by atoms with Crippen LogP contribution in [0.1, 0.15) is 30.8 Å². The monoisotopic (exact) mass is 252 g/mol. The lowest BCUT2D eigenvalue weighted by Crippen LogP contribution is -2.32. The van der Waals surface area contributed by atoms with Crippen LogP contribution in [-0.2, 0) is 0 Å². The van der Waals surface area contributed by atoms with Gasteiger partial charge in [0.05, 0.1) is 0 Å². The van der Waals surface area contributed by atoms with Crippen molar-refractivity contribution >= 4 is 11.9 Å². The molecular weight excluding hydrogens is 232 g/mol. The van der Waals surface area contributed by atoms with E-state index in [-0.39, 0.29) is 5.69 Å². The minimum absolute atomic E-state index is 0.00257. The van der Waals surface area contributed by atoms with Gasteiger partial charge < -0.3 is 15.3 Å². The molecule has 0 aliphatic carbocycles. The first-order chi connectivity index (χ1) is 8.54. The number of likely N-dealkylation sites (N-methyl/N-ethyl adjacent to an activating group) is 1. The minimum Gasteiger partial charge on any atom is -0.477 e. The Balaban J connectivity index is 2.44. The molecule has 0 fully saturated rings. The van der Waals surface area contributed by atoms with Crippen molar-refractivity contribution in [1.29, 1.82) is 0 Å². The topological polar surface area (TPSA) is 78.4 Å². The summed E-state index contributed by atoms with van der Waals surface area (Å²) < 4.78 is 0. The van der Waals surface area contributed by atoms with Crippen molar-refractivity contribution in [2.24, 2.45) is 0 Å². The third kappa shape index (κ3) is 4.29. The number of aromatic nitrogens is 2. The van der Waals surface area contributed by atoms with Crippen LogP contribution in [-0.4, -0.2) is 52.1 Å². The van der Waals surface area contributed by atoms with Crippen LogP contribution in [0.3, 0.4) is 0 Å². The lowest BCUT2D eigenvalue weighted by Gasteiger charge is -2.23. The number of nitrogens with zero attached hydrogens (tertiary/aromatic N) is 3. The molecule has 0 spiro atoms. The zero-order valence-electron chi connectivity index (χ0n) is 11.1. The smallest absolute Gasteiger partial charge is 0.354 e. The molecule has 0 saturated heterocycles. The summed E-state index contributed by atoms with van der Waals surface area (Å²) in [6.07, 6.45) is 2.54. The van der Waals surface area contributed by atoms with Gasteiger partial charge in [0.25, 0.3) is 0 Å². The molecule has 1 aromatic heterocycles. The molecule has 0 radical (unpaired) electrons. The van der Waals surface area contributed by atoms with E-state index in [0.29, 0.717) is 18.5 Å². The molecule has 0 bridgehead atoms. The van der Waals surface area contributed by atoms with E-state index in [1.54, 1.807) is 0 Å². The van der Waals surface area contributed by atoms with E-state index in [1.165, 1.54) is 12.3 Å². The van der Waals surface area contributed by atoms with Crippen LogP contribution < -0.4 is 5.32 Å². The second kappa shape index (κ2) is 6.90. The molecule has 1 atom stereocenters. The zero-order valence-corrected chi connectivity index (χ0v) is 11.1. The van der Waals surface area contributed by atoms with Crippen molar-refractivity contribution in [2.45, 2.75) is 26.3 Å². The van der Waals surface area contributed by atoms with E-state index < -0.39 is 5.97 Å². The SMILES string of the molecule is CCC(C)N(C)CCNc1nccc(C(=O)O)n1. The molecule has 1 rings (SSSR count). The molecule has 0 aromatic carbocycles. The quantitative estimate of drug-likeness (QED) is 0.762. The van der Waals surface area contributed by atoms with Crippen molar-refractivity contribution in [3.05, 3.63) is 18.0 Å². The third-order valence-corrected chi connectivity index (χ3v) is 2.97. The lowest BCUT2D eigenvalue weighted by molar-refractivity contribution is 0.0690. The van der Waals surface area contributed by atoms with Crippen LogP contribution in [0.25, 0.3) is 0 Å². The van der Waals surface area contributed by atoms with E-state index in [4.69, 9.17) is 5.11 Å². The number of carboxylic acid groups (broad SMARTS) is 1. The van der Waals surface area contributed by atoms with Crippen molar-refractivity contribution < 1.29 is 9.90 Å². The molecule has 100 valence electrons. The van der Waals surface area contributed by atoms with Crippen LogP contribution in [0, 0.1) is 0 Å².